The number of amides is 1. The normalized spacial score (nSPS) is 24.8. The molecule has 1 saturated carbocycles. The molecule has 2 fully saturated rings. The number of hydrogen-bond donors (Lipinski definition) is 1. The number of thioether (sulfide) groups is 1. The molecule has 0 aromatic heterocycles. The molecule has 0 bridgehead atoms. The van der Waals surface area contributed by atoms with Crippen molar-refractivity contribution in [2.24, 2.45) is 11.0 Å². The number of carbonyl (C=O) groups excluding carboxylic acids is 1. The number of nitrogens with one attached hydrogen (secondary N) is 1. The fourth-order valence-electron chi connectivity index (χ4n) is 4.98. The van der Waals surface area contributed by atoms with Crippen LogP contribution in [0, 0.1) is 5.92 Å². The van der Waals surface area contributed by atoms with Crippen molar-refractivity contribution in [1.82, 2.24) is 15.2 Å². The summed E-state index contributed by atoms with van der Waals surface area (Å²) in [6.07, 6.45) is -0.885. The number of hydrogen-bond acceptors (Lipinski definition) is 5. The van der Waals surface area contributed by atoms with Crippen molar-refractivity contribution < 1.29 is 18.0 Å². The van der Waals surface area contributed by atoms with Gasteiger partial charge in [-0.15, -0.1) is 0 Å². The lowest BCUT2D eigenvalue weighted by Gasteiger charge is -2.50. The molecule has 2 aromatic carbocycles. The first kappa shape index (κ1) is 22.1. The Bertz CT molecular complexity index is 1050. The van der Waals surface area contributed by atoms with Crippen LogP contribution in [0.2, 0.25) is 0 Å². The first-order valence-corrected chi connectivity index (χ1v) is 12.2. The van der Waals surface area contributed by atoms with Gasteiger partial charge in [0.15, 0.2) is 11.5 Å². The number of nitrogens with zero attached hydrogens (tertiary/aromatic N) is 3. The Balaban J connectivity index is 1.36. The Morgan fingerprint density at radius 3 is 2.58 bits per heavy atom. The van der Waals surface area contributed by atoms with Crippen LogP contribution in [0.25, 0.3) is 0 Å². The molecule has 5 rings (SSSR count). The second-order valence-electron chi connectivity index (χ2n) is 8.70. The lowest BCUT2D eigenvalue weighted by molar-refractivity contribution is -0.156. The minimum absolute atomic E-state index is 0.0611. The topological polar surface area (TPSA) is 47.9 Å². The fourth-order valence-corrected chi connectivity index (χ4v) is 5.96. The van der Waals surface area contributed by atoms with E-state index in [2.05, 4.69) is 15.4 Å². The summed E-state index contributed by atoms with van der Waals surface area (Å²) in [5.41, 5.74) is 4.13. The van der Waals surface area contributed by atoms with E-state index in [1.54, 1.807) is 6.07 Å². The Morgan fingerprint density at radius 1 is 1.03 bits per heavy atom. The summed E-state index contributed by atoms with van der Waals surface area (Å²) in [4.78, 5) is 17.5. The summed E-state index contributed by atoms with van der Waals surface area (Å²) in [5, 5.41) is 5.26. The number of alkyl halides is 3. The molecule has 2 heterocycles. The van der Waals surface area contributed by atoms with Crippen LogP contribution in [0.4, 0.5) is 13.2 Å². The van der Waals surface area contributed by atoms with Gasteiger partial charge in [0, 0.05) is 18.3 Å². The molecular formula is C24H25F3N4OS. The van der Waals surface area contributed by atoms with Crippen molar-refractivity contribution in [3.05, 3.63) is 71.3 Å². The van der Waals surface area contributed by atoms with Gasteiger partial charge in [0.2, 0.25) is 5.91 Å². The number of rotatable bonds is 4. The van der Waals surface area contributed by atoms with Crippen LogP contribution in [0.1, 0.15) is 42.4 Å². The van der Waals surface area contributed by atoms with Crippen LogP contribution in [-0.4, -0.2) is 33.2 Å². The highest BCUT2D eigenvalue weighted by atomic mass is 32.2. The molecular weight excluding hydrogens is 449 g/mol. The molecule has 174 valence electrons. The van der Waals surface area contributed by atoms with Crippen LogP contribution < -0.4 is 5.43 Å². The highest BCUT2D eigenvalue weighted by Gasteiger charge is 2.50. The Morgan fingerprint density at radius 2 is 1.79 bits per heavy atom. The van der Waals surface area contributed by atoms with Crippen molar-refractivity contribution in [3.63, 3.8) is 0 Å². The summed E-state index contributed by atoms with van der Waals surface area (Å²) in [6, 6.07) is 15.4. The monoisotopic (exact) mass is 474 g/mol. The van der Waals surface area contributed by atoms with Crippen LogP contribution in [0.3, 0.4) is 0 Å². The summed E-state index contributed by atoms with van der Waals surface area (Å²) in [7, 11) is 0. The highest BCUT2D eigenvalue weighted by Crippen LogP contribution is 2.40. The first-order chi connectivity index (χ1) is 15.9. The number of hydrazone groups is 1. The lowest BCUT2D eigenvalue weighted by Crippen LogP contribution is -2.66. The van der Waals surface area contributed by atoms with Crippen molar-refractivity contribution in [1.29, 1.82) is 0 Å². The van der Waals surface area contributed by atoms with E-state index in [1.165, 1.54) is 23.9 Å². The summed E-state index contributed by atoms with van der Waals surface area (Å²) in [6.45, 7) is 0.484. The SMILES string of the molecule is O=C1C2CCCCC2N2C(SCc3cccc(C(F)(F)F)c3)=NNC2N1Cc1ccccc1. The van der Waals surface area contributed by atoms with E-state index in [9.17, 15) is 18.0 Å². The molecule has 1 N–H and O–H groups in total. The molecule has 33 heavy (non-hydrogen) atoms. The van der Waals surface area contributed by atoms with E-state index in [-0.39, 0.29) is 24.2 Å². The largest absolute Gasteiger partial charge is 0.416 e. The lowest BCUT2D eigenvalue weighted by atomic mass is 9.81. The first-order valence-electron chi connectivity index (χ1n) is 11.2. The van der Waals surface area contributed by atoms with E-state index >= 15 is 0 Å². The maximum atomic E-state index is 13.4. The van der Waals surface area contributed by atoms with Gasteiger partial charge < -0.3 is 4.90 Å². The van der Waals surface area contributed by atoms with Gasteiger partial charge in [0.25, 0.3) is 0 Å². The second kappa shape index (κ2) is 8.93. The van der Waals surface area contributed by atoms with Crippen molar-refractivity contribution in [3.8, 4) is 0 Å². The van der Waals surface area contributed by atoms with Gasteiger partial charge in [-0.3, -0.25) is 15.1 Å². The van der Waals surface area contributed by atoms with Crippen LogP contribution in [0.5, 0.6) is 0 Å². The van der Waals surface area contributed by atoms with Crippen LogP contribution >= 0.6 is 11.8 Å². The summed E-state index contributed by atoms with van der Waals surface area (Å²) in [5.74, 6) is 0.437. The van der Waals surface area contributed by atoms with Gasteiger partial charge in [-0.05, 0) is 30.0 Å². The fraction of sp³-hybridized carbons (Fsp3) is 0.417. The minimum atomic E-state index is -4.36. The van der Waals surface area contributed by atoms with Gasteiger partial charge in [-0.25, -0.2) is 0 Å². The van der Waals surface area contributed by atoms with Gasteiger partial charge in [0.05, 0.1) is 11.5 Å². The summed E-state index contributed by atoms with van der Waals surface area (Å²) >= 11 is 1.42. The van der Waals surface area contributed by atoms with E-state index in [1.807, 2.05) is 35.2 Å². The molecule has 3 atom stereocenters. The average Bonchev–Trinajstić information content (AvgIpc) is 3.25. The van der Waals surface area contributed by atoms with E-state index in [0.717, 1.165) is 42.5 Å². The second-order valence-corrected chi connectivity index (χ2v) is 9.64. The maximum absolute atomic E-state index is 13.4. The third kappa shape index (κ3) is 4.43. The smallest absolute Gasteiger partial charge is 0.307 e. The molecule has 2 aliphatic heterocycles. The van der Waals surface area contributed by atoms with Crippen molar-refractivity contribution in [2.45, 2.75) is 56.5 Å². The van der Waals surface area contributed by atoms with E-state index in [4.69, 9.17) is 0 Å². The van der Waals surface area contributed by atoms with Crippen molar-refractivity contribution in [2.75, 3.05) is 0 Å². The zero-order valence-corrected chi connectivity index (χ0v) is 18.8. The molecule has 3 aliphatic rings. The van der Waals surface area contributed by atoms with Gasteiger partial charge in [0.1, 0.15) is 0 Å². The number of fused-ring (bicyclic) bond motifs is 3. The zero-order valence-electron chi connectivity index (χ0n) is 18.0. The number of carbonyl (C=O) groups is 1. The molecule has 5 nitrogen and oxygen atoms in total. The quantitative estimate of drug-likeness (QED) is 0.678. The van der Waals surface area contributed by atoms with Gasteiger partial charge >= 0.3 is 6.18 Å². The van der Waals surface area contributed by atoms with Gasteiger partial charge in [-0.1, -0.05) is 73.1 Å². The van der Waals surface area contributed by atoms with Crippen LogP contribution in [0.15, 0.2) is 59.7 Å². The third-order valence-corrected chi connectivity index (χ3v) is 7.60. The molecule has 1 amide bonds. The number of amidine groups is 1. The number of halogens is 3. The molecule has 1 aliphatic carbocycles. The standard InChI is InChI=1S/C24H25F3N4OS/c25-24(26,27)18-10-6-9-17(13-18)15-33-23-29-28-22-30(14-16-7-2-1-3-8-16)21(32)19-11-4-5-12-20(19)31(22)23/h1-3,6-10,13,19-20,22,28H,4-5,11-12,14-15H2. The molecule has 1 saturated heterocycles. The molecule has 0 radical (unpaired) electrons. The third-order valence-electron chi connectivity index (χ3n) is 6.56. The van der Waals surface area contributed by atoms with Crippen molar-refractivity contribution >= 4 is 22.8 Å². The summed E-state index contributed by atoms with van der Waals surface area (Å²) < 4.78 is 39.3. The molecule has 3 unspecified atom stereocenters. The van der Waals surface area contributed by atoms with E-state index < -0.39 is 11.7 Å². The zero-order chi connectivity index (χ0) is 23.0. The average molecular weight is 475 g/mol. The predicted octanol–water partition coefficient (Wildman–Crippen LogP) is 5.00. The Kier molecular flexibility index (Phi) is 5.99. The Labute approximate surface area is 195 Å². The highest BCUT2D eigenvalue weighted by molar-refractivity contribution is 8.13. The van der Waals surface area contributed by atoms with Gasteiger partial charge in [-0.2, -0.15) is 18.3 Å². The molecule has 2 aromatic rings. The van der Waals surface area contributed by atoms with Crippen LogP contribution in [-0.2, 0) is 23.3 Å². The maximum Gasteiger partial charge on any atom is 0.416 e. The number of benzene rings is 2. The molecule has 9 heteroatoms. The van der Waals surface area contributed by atoms with E-state index in [0.29, 0.717) is 17.9 Å². The Hall–Kier alpha value is -2.68. The minimum Gasteiger partial charge on any atom is -0.307 e. The predicted molar refractivity (Wildman–Crippen MR) is 122 cm³/mol. The molecule has 0 spiro atoms.